The van der Waals surface area contributed by atoms with Crippen molar-refractivity contribution in [3.05, 3.63) is 0 Å². The number of sulfone groups is 1. The van der Waals surface area contributed by atoms with Gasteiger partial charge in [0.15, 0.2) is 0 Å². The minimum Gasteiger partial charge on any atom is -0.444 e. The highest BCUT2D eigenvalue weighted by molar-refractivity contribution is 7.90. The lowest BCUT2D eigenvalue weighted by Gasteiger charge is -2.36. The summed E-state index contributed by atoms with van der Waals surface area (Å²) in [7, 11) is -3.12. The summed E-state index contributed by atoms with van der Waals surface area (Å²) < 4.78 is 28.0. The lowest BCUT2D eigenvalue weighted by molar-refractivity contribution is 0.0144. The maximum Gasteiger partial charge on any atom is 0.410 e. The summed E-state index contributed by atoms with van der Waals surface area (Å²) in [6.45, 7) is 6.97. The van der Waals surface area contributed by atoms with Crippen LogP contribution in [-0.4, -0.2) is 62.7 Å². The number of nitrogens with zero attached hydrogens (tertiary/aromatic N) is 1. The number of carbonyl (C=O) groups excluding carboxylic acids is 1. The molecule has 1 amide bonds. The summed E-state index contributed by atoms with van der Waals surface area (Å²) >= 11 is 0. The number of hydrogen-bond donors (Lipinski definition) is 1. The van der Waals surface area contributed by atoms with Gasteiger partial charge in [0.25, 0.3) is 0 Å². The lowest BCUT2D eigenvalue weighted by Crippen LogP contribution is -2.56. The van der Waals surface area contributed by atoms with Crippen LogP contribution >= 0.6 is 0 Å². The fourth-order valence-corrected chi connectivity index (χ4v) is 2.82. The van der Waals surface area contributed by atoms with Crippen LogP contribution in [0.25, 0.3) is 0 Å². The van der Waals surface area contributed by atoms with E-state index in [2.05, 4.69) is 5.32 Å². The molecular weight excluding hydrogens is 256 g/mol. The Morgan fingerprint density at radius 2 is 2.06 bits per heavy atom. The van der Waals surface area contributed by atoms with E-state index in [4.69, 9.17) is 4.74 Å². The van der Waals surface area contributed by atoms with Crippen LogP contribution in [0.5, 0.6) is 0 Å². The van der Waals surface area contributed by atoms with Crippen LogP contribution in [0.15, 0.2) is 0 Å². The van der Waals surface area contributed by atoms with E-state index in [0.717, 1.165) is 0 Å². The summed E-state index contributed by atoms with van der Waals surface area (Å²) in [6.07, 6.45) is 0.729. The molecule has 0 aliphatic carbocycles. The van der Waals surface area contributed by atoms with E-state index < -0.39 is 21.5 Å². The Bertz CT molecular complexity index is 400. The van der Waals surface area contributed by atoms with Crippen LogP contribution in [0.4, 0.5) is 4.79 Å². The van der Waals surface area contributed by atoms with Gasteiger partial charge in [-0.05, 0) is 20.8 Å². The van der Waals surface area contributed by atoms with Crippen molar-refractivity contribution >= 4 is 15.9 Å². The number of ether oxygens (including phenoxy) is 1. The molecule has 0 saturated carbocycles. The first-order chi connectivity index (χ1) is 8.08. The van der Waals surface area contributed by atoms with Crippen molar-refractivity contribution in [1.29, 1.82) is 0 Å². The number of hydrogen-bond acceptors (Lipinski definition) is 5. The second kappa shape index (κ2) is 5.44. The van der Waals surface area contributed by atoms with Crippen LogP contribution in [0.3, 0.4) is 0 Å². The van der Waals surface area contributed by atoms with Crippen LogP contribution in [0, 0.1) is 0 Å². The van der Waals surface area contributed by atoms with Crippen LogP contribution in [-0.2, 0) is 14.6 Å². The second-order valence-corrected chi connectivity index (χ2v) is 7.81. The molecule has 1 fully saturated rings. The minimum absolute atomic E-state index is 0.0424. The Hall–Kier alpha value is -0.820. The maximum atomic E-state index is 12.0. The molecule has 1 atom stereocenters. The largest absolute Gasteiger partial charge is 0.444 e. The van der Waals surface area contributed by atoms with E-state index >= 15 is 0 Å². The van der Waals surface area contributed by atoms with Gasteiger partial charge in [-0.2, -0.15) is 0 Å². The second-order valence-electron chi connectivity index (χ2n) is 5.62. The highest BCUT2D eigenvalue weighted by Gasteiger charge is 2.32. The fraction of sp³-hybridized carbons (Fsp3) is 0.909. The monoisotopic (exact) mass is 278 g/mol. The van der Waals surface area contributed by atoms with Crippen molar-refractivity contribution < 1.29 is 17.9 Å². The zero-order valence-corrected chi connectivity index (χ0v) is 12.2. The minimum atomic E-state index is -3.12. The van der Waals surface area contributed by atoms with Crippen molar-refractivity contribution in [2.75, 3.05) is 31.6 Å². The van der Waals surface area contributed by atoms with Gasteiger partial charge in [0.1, 0.15) is 15.4 Å². The van der Waals surface area contributed by atoms with Gasteiger partial charge in [0.2, 0.25) is 0 Å². The van der Waals surface area contributed by atoms with E-state index in [9.17, 15) is 13.2 Å². The number of rotatable bonds is 2. The average molecular weight is 278 g/mol. The number of nitrogens with one attached hydrogen (secondary N) is 1. The smallest absolute Gasteiger partial charge is 0.410 e. The molecule has 1 aliphatic rings. The Morgan fingerprint density at radius 1 is 1.44 bits per heavy atom. The van der Waals surface area contributed by atoms with Gasteiger partial charge in [0, 0.05) is 25.9 Å². The van der Waals surface area contributed by atoms with Crippen LogP contribution in [0.1, 0.15) is 20.8 Å². The van der Waals surface area contributed by atoms with Crippen molar-refractivity contribution in [3.8, 4) is 0 Å². The van der Waals surface area contributed by atoms with E-state index in [-0.39, 0.29) is 11.8 Å². The fourth-order valence-electron chi connectivity index (χ4n) is 1.82. The SMILES string of the molecule is CC(C)(C)OC(=O)N1CCNC[C@@H]1CS(C)(=O)=O. The maximum absolute atomic E-state index is 12.0. The quantitative estimate of drug-likeness (QED) is 0.783. The van der Waals surface area contributed by atoms with Crippen molar-refractivity contribution in [2.24, 2.45) is 0 Å². The third-order valence-electron chi connectivity index (χ3n) is 2.47. The lowest BCUT2D eigenvalue weighted by atomic mass is 10.2. The molecule has 6 nitrogen and oxygen atoms in total. The Morgan fingerprint density at radius 3 is 2.56 bits per heavy atom. The summed E-state index contributed by atoms with van der Waals surface area (Å²) in [4.78, 5) is 13.5. The molecule has 18 heavy (non-hydrogen) atoms. The standard InChI is InChI=1S/C11H22N2O4S/c1-11(2,3)17-10(14)13-6-5-12-7-9(13)8-18(4,15)16/h9,12H,5-8H2,1-4H3/t9-/m1/s1. The first kappa shape index (κ1) is 15.2. The molecule has 0 aromatic heterocycles. The molecule has 1 heterocycles. The molecule has 0 spiro atoms. The third kappa shape index (κ3) is 5.22. The zero-order valence-electron chi connectivity index (χ0n) is 11.4. The zero-order chi connectivity index (χ0) is 14.0. The van der Waals surface area contributed by atoms with Crippen molar-refractivity contribution in [3.63, 3.8) is 0 Å². The van der Waals surface area contributed by atoms with Gasteiger partial charge >= 0.3 is 6.09 Å². The Labute approximate surface area is 109 Å². The van der Waals surface area contributed by atoms with Gasteiger partial charge in [0.05, 0.1) is 11.8 Å². The predicted octanol–water partition coefficient (Wildman–Crippen LogP) is 0.240. The van der Waals surface area contributed by atoms with E-state index in [1.54, 1.807) is 20.8 Å². The molecule has 7 heteroatoms. The summed E-state index contributed by atoms with van der Waals surface area (Å²) in [6, 6.07) is -0.358. The van der Waals surface area contributed by atoms with Crippen LogP contribution < -0.4 is 5.32 Å². The highest BCUT2D eigenvalue weighted by atomic mass is 32.2. The van der Waals surface area contributed by atoms with Gasteiger partial charge in [-0.15, -0.1) is 0 Å². The molecule has 0 unspecified atom stereocenters. The van der Waals surface area contributed by atoms with Crippen LogP contribution in [0.2, 0.25) is 0 Å². The number of amides is 1. The van der Waals surface area contributed by atoms with Gasteiger partial charge in [-0.1, -0.05) is 0 Å². The summed E-state index contributed by atoms with van der Waals surface area (Å²) in [5, 5.41) is 3.09. The first-order valence-corrected chi connectivity index (χ1v) is 8.02. The van der Waals surface area contributed by atoms with Gasteiger partial charge < -0.3 is 15.0 Å². The molecule has 1 saturated heterocycles. The highest BCUT2D eigenvalue weighted by Crippen LogP contribution is 2.14. The van der Waals surface area contributed by atoms with Gasteiger partial charge in [-0.3, -0.25) is 0 Å². The molecule has 0 aromatic rings. The van der Waals surface area contributed by atoms with Crippen molar-refractivity contribution in [1.82, 2.24) is 10.2 Å². The van der Waals surface area contributed by atoms with E-state index in [1.165, 1.54) is 11.2 Å². The number of carbonyl (C=O) groups is 1. The summed E-state index contributed by atoms with van der Waals surface area (Å²) in [5.41, 5.74) is -0.572. The molecule has 1 N–H and O–H groups in total. The van der Waals surface area contributed by atoms with E-state index in [1.807, 2.05) is 0 Å². The average Bonchev–Trinajstić information content (AvgIpc) is 2.12. The Kier molecular flexibility index (Phi) is 4.61. The first-order valence-electron chi connectivity index (χ1n) is 5.96. The van der Waals surface area contributed by atoms with Crippen molar-refractivity contribution in [2.45, 2.75) is 32.4 Å². The predicted molar refractivity (Wildman–Crippen MR) is 69.3 cm³/mol. The summed E-state index contributed by atoms with van der Waals surface area (Å²) in [5.74, 6) is -0.0424. The van der Waals surface area contributed by atoms with Gasteiger partial charge in [-0.25, -0.2) is 13.2 Å². The molecule has 106 valence electrons. The third-order valence-corrected chi connectivity index (χ3v) is 3.46. The molecule has 1 aliphatic heterocycles. The van der Waals surface area contributed by atoms with E-state index in [0.29, 0.717) is 19.6 Å². The Balaban J connectivity index is 2.73. The normalized spacial score (nSPS) is 21.8. The molecule has 1 rings (SSSR count). The molecule has 0 bridgehead atoms. The topological polar surface area (TPSA) is 75.7 Å². The molecule has 0 radical (unpaired) electrons. The molecule has 0 aromatic carbocycles. The molecular formula is C11H22N2O4S. The number of piperazine rings is 1.